The molecule has 0 aromatic carbocycles. The van der Waals surface area contributed by atoms with E-state index in [9.17, 15) is 20.1 Å². The number of allylic oxidation sites excluding steroid dienone is 1. The maximum atomic E-state index is 12.3. The first kappa shape index (κ1) is 38.1. The van der Waals surface area contributed by atoms with Gasteiger partial charge in [-0.2, -0.15) is 0 Å². The molecule has 0 rings (SSSR count). The van der Waals surface area contributed by atoms with Crippen LogP contribution in [0, 0.1) is 5.92 Å². The first-order valence-corrected chi connectivity index (χ1v) is 16.9. The number of carbonyl (C=O) groups excluding carboxylic acids is 1. The van der Waals surface area contributed by atoms with Crippen molar-refractivity contribution in [2.24, 2.45) is 5.92 Å². The zero-order valence-corrected chi connectivity index (χ0v) is 26.2. The highest BCUT2D eigenvalue weighted by Gasteiger charge is 2.22. The molecule has 1 unspecified atom stereocenters. The van der Waals surface area contributed by atoms with Gasteiger partial charge in [0.05, 0.1) is 18.8 Å². The number of aliphatic hydroxyl groups excluding tert-OH is 3. The van der Waals surface area contributed by atoms with Gasteiger partial charge in [-0.15, -0.1) is 0 Å². The van der Waals surface area contributed by atoms with Crippen molar-refractivity contribution in [3.8, 4) is 0 Å². The molecule has 232 valence electrons. The fraction of sp³-hybridized carbons (Fsp3) is 0.912. The summed E-state index contributed by atoms with van der Waals surface area (Å²) in [7, 11) is 0. The normalized spacial score (nSPS) is 14.2. The van der Waals surface area contributed by atoms with Crippen LogP contribution in [0.3, 0.4) is 0 Å². The maximum Gasteiger partial charge on any atom is 0.249 e. The van der Waals surface area contributed by atoms with Crippen LogP contribution in [-0.4, -0.2) is 46.1 Å². The Balaban J connectivity index is 3.79. The summed E-state index contributed by atoms with van der Waals surface area (Å²) in [6, 6.07) is -0.791. The van der Waals surface area contributed by atoms with Gasteiger partial charge in [-0.1, -0.05) is 161 Å². The quantitative estimate of drug-likeness (QED) is 0.0553. The van der Waals surface area contributed by atoms with E-state index in [2.05, 4.69) is 26.1 Å². The van der Waals surface area contributed by atoms with Crippen LogP contribution in [0.25, 0.3) is 0 Å². The van der Waals surface area contributed by atoms with E-state index in [4.69, 9.17) is 0 Å². The molecule has 0 radical (unpaired) electrons. The van der Waals surface area contributed by atoms with Gasteiger partial charge in [-0.3, -0.25) is 4.79 Å². The lowest BCUT2D eigenvalue weighted by molar-refractivity contribution is -0.131. The Bertz CT molecular complexity index is 551. The monoisotopic (exact) mass is 554 g/mol. The van der Waals surface area contributed by atoms with Crippen molar-refractivity contribution < 1.29 is 20.1 Å². The summed E-state index contributed by atoms with van der Waals surface area (Å²) in [5, 5.41) is 32.8. The molecule has 0 aliphatic heterocycles. The van der Waals surface area contributed by atoms with Gasteiger partial charge in [0.25, 0.3) is 0 Å². The van der Waals surface area contributed by atoms with Gasteiger partial charge >= 0.3 is 0 Å². The minimum Gasteiger partial charge on any atom is -0.394 e. The second-order valence-electron chi connectivity index (χ2n) is 12.2. The van der Waals surface area contributed by atoms with Gasteiger partial charge in [0, 0.05) is 0 Å². The van der Waals surface area contributed by atoms with Gasteiger partial charge in [0.2, 0.25) is 5.91 Å². The summed E-state index contributed by atoms with van der Waals surface area (Å²) in [6.07, 6.45) is 29.4. The smallest absolute Gasteiger partial charge is 0.249 e. The molecular formula is C34H67NO4. The third-order valence-electron chi connectivity index (χ3n) is 7.81. The van der Waals surface area contributed by atoms with Gasteiger partial charge in [-0.25, -0.2) is 0 Å². The summed E-state index contributed by atoms with van der Waals surface area (Å²) in [5.41, 5.74) is 0. The summed E-state index contributed by atoms with van der Waals surface area (Å²) in [5.74, 6) is 0.304. The summed E-state index contributed by atoms with van der Waals surface area (Å²) in [4.78, 5) is 12.3. The van der Waals surface area contributed by atoms with Crippen molar-refractivity contribution in [1.82, 2.24) is 5.32 Å². The molecule has 0 aromatic rings. The molecule has 0 aromatic heterocycles. The molecule has 4 N–H and O–H groups in total. The van der Waals surface area contributed by atoms with E-state index in [0.29, 0.717) is 6.42 Å². The molecule has 0 bridgehead atoms. The Hall–Kier alpha value is -0.910. The lowest BCUT2D eigenvalue weighted by Crippen LogP contribution is -2.48. The molecular weight excluding hydrogens is 486 g/mol. The van der Waals surface area contributed by atoms with E-state index < -0.39 is 24.2 Å². The summed E-state index contributed by atoms with van der Waals surface area (Å²) < 4.78 is 0. The van der Waals surface area contributed by atoms with Crippen LogP contribution in [-0.2, 0) is 4.79 Å². The van der Waals surface area contributed by atoms with Crippen molar-refractivity contribution in [3.05, 3.63) is 12.2 Å². The fourth-order valence-electron chi connectivity index (χ4n) is 5.07. The SMILES string of the molecule is CCCCCCCCCCCCCCCC(O)C(=O)N[C@@H](CO)[C@H](O)/C=C/CCCCCCCCCC(C)C. The number of amides is 1. The zero-order chi connectivity index (χ0) is 29.0. The zero-order valence-electron chi connectivity index (χ0n) is 26.2. The second kappa shape index (κ2) is 28.6. The number of hydrogen-bond acceptors (Lipinski definition) is 4. The predicted octanol–water partition coefficient (Wildman–Crippen LogP) is 8.39. The maximum absolute atomic E-state index is 12.3. The minimum atomic E-state index is -1.09. The number of unbranched alkanes of at least 4 members (excludes halogenated alkanes) is 19. The lowest BCUT2D eigenvalue weighted by Gasteiger charge is -2.21. The molecule has 39 heavy (non-hydrogen) atoms. The largest absolute Gasteiger partial charge is 0.394 e. The highest BCUT2D eigenvalue weighted by molar-refractivity contribution is 5.80. The highest BCUT2D eigenvalue weighted by Crippen LogP contribution is 2.15. The number of carbonyl (C=O) groups is 1. The molecule has 0 saturated carbocycles. The topological polar surface area (TPSA) is 89.8 Å². The molecule has 0 fully saturated rings. The van der Waals surface area contributed by atoms with Gasteiger partial charge in [0.15, 0.2) is 0 Å². The van der Waals surface area contributed by atoms with Gasteiger partial charge < -0.3 is 20.6 Å². The van der Waals surface area contributed by atoms with Crippen molar-refractivity contribution >= 4 is 5.91 Å². The molecule has 0 aliphatic carbocycles. The Morgan fingerprint density at radius 2 is 1.10 bits per heavy atom. The van der Waals surface area contributed by atoms with Crippen LogP contribution < -0.4 is 5.32 Å². The summed E-state index contributed by atoms with van der Waals surface area (Å²) in [6.45, 7) is 6.46. The summed E-state index contributed by atoms with van der Waals surface area (Å²) >= 11 is 0. The molecule has 5 nitrogen and oxygen atoms in total. The van der Waals surface area contributed by atoms with Crippen molar-refractivity contribution in [3.63, 3.8) is 0 Å². The molecule has 5 heteroatoms. The van der Waals surface area contributed by atoms with E-state index >= 15 is 0 Å². The molecule has 1 amide bonds. The Morgan fingerprint density at radius 1 is 0.667 bits per heavy atom. The lowest BCUT2D eigenvalue weighted by atomic mass is 10.0. The first-order valence-electron chi connectivity index (χ1n) is 16.9. The molecule has 0 spiro atoms. The third kappa shape index (κ3) is 25.8. The fourth-order valence-corrected chi connectivity index (χ4v) is 5.07. The van der Waals surface area contributed by atoms with Crippen molar-refractivity contribution in [1.29, 1.82) is 0 Å². The Kier molecular flexibility index (Phi) is 27.9. The van der Waals surface area contributed by atoms with E-state index in [1.807, 2.05) is 6.08 Å². The van der Waals surface area contributed by atoms with Crippen molar-refractivity contribution in [2.75, 3.05) is 6.61 Å². The molecule has 0 saturated heterocycles. The highest BCUT2D eigenvalue weighted by atomic mass is 16.3. The van der Waals surface area contributed by atoms with Gasteiger partial charge in [0.1, 0.15) is 6.10 Å². The molecule has 0 heterocycles. The minimum absolute atomic E-state index is 0.362. The van der Waals surface area contributed by atoms with Gasteiger partial charge in [-0.05, 0) is 25.2 Å². The van der Waals surface area contributed by atoms with E-state index in [1.54, 1.807) is 6.08 Å². The van der Waals surface area contributed by atoms with E-state index in [1.165, 1.54) is 109 Å². The Labute approximate surface area is 242 Å². The Morgan fingerprint density at radius 3 is 1.56 bits per heavy atom. The average molecular weight is 554 g/mol. The van der Waals surface area contributed by atoms with Crippen LogP contribution in [0.4, 0.5) is 0 Å². The molecule has 0 aliphatic rings. The number of aliphatic hydroxyl groups is 3. The average Bonchev–Trinajstić information content (AvgIpc) is 2.92. The standard InChI is InChI=1S/C34H67NO4/c1-4-5-6-7-8-9-10-11-12-15-19-22-25-28-33(38)34(39)35-31(29-36)32(37)27-24-21-18-16-13-14-17-20-23-26-30(2)3/h24,27,30-33,36-38H,4-23,25-26,28-29H2,1-3H3,(H,35,39)/b27-24+/t31-,32+,33?/m0/s1. The van der Waals surface area contributed by atoms with Crippen LogP contribution in [0.1, 0.15) is 168 Å². The van der Waals surface area contributed by atoms with Crippen LogP contribution in [0.15, 0.2) is 12.2 Å². The van der Waals surface area contributed by atoms with Crippen LogP contribution in [0.2, 0.25) is 0 Å². The van der Waals surface area contributed by atoms with Crippen molar-refractivity contribution in [2.45, 2.75) is 187 Å². The third-order valence-corrected chi connectivity index (χ3v) is 7.81. The first-order chi connectivity index (χ1) is 18.9. The number of nitrogens with one attached hydrogen (secondary N) is 1. The van der Waals surface area contributed by atoms with E-state index in [-0.39, 0.29) is 6.61 Å². The molecule has 3 atom stereocenters. The second-order valence-corrected chi connectivity index (χ2v) is 12.2. The van der Waals surface area contributed by atoms with Crippen LogP contribution >= 0.6 is 0 Å². The van der Waals surface area contributed by atoms with E-state index in [0.717, 1.165) is 38.0 Å². The van der Waals surface area contributed by atoms with Crippen LogP contribution in [0.5, 0.6) is 0 Å². The number of hydrogen-bond donors (Lipinski definition) is 4. The predicted molar refractivity (Wildman–Crippen MR) is 167 cm³/mol. The number of rotatable bonds is 29.